The molecule has 0 aromatic rings. The number of ether oxygens (including phenoxy) is 4. The van der Waals surface area contributed by atoms with E-state index in [0.717, 1.165) is 0 Å². The minimum absolute atomic E-state index is 0.441. The lowest BCUT2D eigenvalue weighted by molar-refractivity contribution is -0.330. The fraction of sp³-hybridized carbons (Fsp3) is 1.00. The van der Waals surface area contributed by atoms with Crippen molar-refractivity contribution in [3.63, 3.8) is 0 Å². The molecule has 26 heavy (non-hydrogen) atoms. The number of hydrogen-bond acceptors (Lipinski definition) is 11. The van der Waals surface area contributed by atoms with Crippen molar-refractivity contribution < 1.29 is 44.5 Å². The standard InChI is InChI=1S/C15H30N2O9/c1-16-8-11(21)10(20)6(4-18)24-15(8)26-13-7(5-19)25-14(23-3)9(17-2)12(13)22/h6-22H,4-5H2,1-3H3. The quantitative estimate of drug-likeness (QED) is 0.228. The van der Waals surface area contributed by atoms with E-state index in [9.17, 15) is 25.5 Å². The van der Waals surface area contributed by atoms with Gasteiger partial charge in [-0.05, 0) is 14.1 Å². The molecule has 0 amide bonds. The molecular formula is C15H30N2O9. The van der Waals surface area contributed by atoms with E-state index in [1.807, 2.05) is 0 Å². The average Bonchev–Trinajstić information content (AvgIpc) is 2.65. The van der Waals surface area contributed by atoms with Gasteiger partial charge in [-0.3, -0.25) is 0 Å². The van der Waals surface area contributed by atoms with Crippen LogP contribution in [0.25, 0.3) is 0 Å². The van der Waals surface area contributed by atoms with Crippen LogP contribution in [0.3, 0.4) is 0 Å². The SMILES string of the molecule is CNC1C(OC2C(CO)OC(OC)C(NC)C2O)OC(CO)C(O)C1O. The zero-order valence-electron chi connectivity index (χ0n) is 15.1. The molecule has 2 rings (SSSR count). The lowest BCUT2D eigenvalue weighted by atomic mass is 9.95. The Morgan fingerprint density at radius 1 is 0.808 bits per heavy atom. The van der Waals surface area contributed by atoms with Gasteiger partial charge >= 0.3 is 0 Å². The Bertz CT molecular complexity index is 432. The van der Waals surface area contributed by atoms with Gasteiger partial charge in [0.05, 0.1) is 25.3 Å². The molecule has 0 radical (unpaired) electrons. The van der Waals surface area contributed by atoms with Crippen LogP contribution < -0.4 is 10.6 Å². The van der Waals surface area contributed by atoms with E-state index < -0.39 is 74.5 Å². The highest BCUT2D eigenvalue weighted by atomic mass is 16.7. The van der Waals surface area contributed by atoms with Crippen LogP contribution in [0.1, 0.15) is 0 Å². The summed E-state index contributed by atoms with van der Waals surface area (Å²) in [5.74, 6) is 0. The first kappa shape index (κ1) is 21.9. The first-order chi connectivity index (χ1) is 12.4. The maximum absolute atomic E-state index is 10.7. The van der Waals surface area contributed by atoms with Gasteiger partial charge in [0.25, 0.3) is 0 Å². The minimum Gasteiger partial charge on any atom is -0.394 e. The molecule has 0 aromatic carbocycles. The monoisotopic (exact) mass is 382 g/mol. The van der Waals surface area contributed by atoms with Crippen molar-refractivity contribution in [2.24, 2.45) is 0 Å². The molecule has 0 spiro atoms. The smallest absolute Gasteiger partial charge is 0.176 e. The van der Waals surface area contributed by atoms with E-state index >= 15 is 0 Å². The van der Waals surface area contributed by atoms with Crippen LogP contribution in [0.15, 0.2) is 0 Å². The predicted molar refractivity (Wildman–Crippen MR) is 87.1 cm³/mol. The molecule has 0 saturated carbocycles. The van der Waals surface area contributed by atoms with Gasteiger partial charge in [-0.25, -0.2) is 0 Å². The average molecular weight is 382 g/mol. The first-order valence-electron chi connectivity index (χ1n) is 8.53. The zero-order valence-corrected chi connectivity index (χ0v) is 15.1. The van der Waals surface area contributed by atoms with Crippen LogP contribution in [-0.2, 0) is 18.9 Å². The van der Waals surface area contributed by atoms with E-state index in [-0.39, 0.29) is 0 Å². The van der Waals surface area contributed by atoms with Gasteiger partial charge in [-0.1, -0.05) is 0 Å². The zero-order chi connectivity index (χ0) is 19.4. The summed E-state index contributed by atoms with van der Waals surface area (Å²) < 4.78 is 22.2. The number of hydrogen-bond donors (Lipinski definition) is 7. The van der Waals surface area contributed by atoms with Crippen molar-refractivity contribution in [2.75, 3.05) is 34.4 Å². The normalized spacial score (nSPS) is 47.1. The molecule has 154 valence electrons. The Morgan fingerprint density at radius 3 is 1.85 bits per heavy atom. The van der Waals surface area contributed by atoms with Crippen molar-refractivity contribution in [1.29, 1.82) is 0 Å². The number of nitrogens with one attached hydrogen (secondary N) is 2. The Hall–Kier alpha value is -0.440. The van der Waals surface area contributed by atoms with Gasteiger partial charge in [-0.2, -0.15) is 0 Å². The maximum Gasteiger partial charge on any atom is 0.176 e. The molecule has 2 aliphatic heterocycles. The van der Waals surface area contributed by atoms with Crippen LogP contribution in [0.2, 0.25) is 0 Å². The van der Waals surface area contributed by atoms with Crippen LogP contribution in [-0.4, -0.2) is 121 Å². The van der Waals surface area contributed by atoms with E-state index in [1.165, 1.54) is 7.11 Å². The van der Waals surface area contributed by atoms with Gasteiger partial charge in [0.15, 0.2) is 12.6 Å². The van der Waals surface area contributed by atoms with Crippen LogP contribution >= 0.6 is 0 Å². The van der Waals surface area contributed by atoms with E-state index in [2.05, 4.69) is 10.6 Å². The molecule has 2 fully saturated rings. The Labute approximate surface area is 151 Å². The molecule has 2 heterocycles. The number of aliphatic hydroxyl groups excluding tert-OH is 5. The molecule has 11 heteroatoms. The third-order valence-electron chi connectivity index (χ3n) is 4.92. The Balaban J connectivity index is 2.19. The van der Waals surface area contributed by atoms with Gasteiger partial charge in [0, 0.05) is 7.11 Å². The molecule has 0 aliphatic carbocycles. The number of methoxy groups -OCH3 is 1. The van der Waals surface area contributed by atoms with Crippen LogP contribution in [0, 0.1) is 0 Å². The fourth-order valence-corrected chi connectivity index (χ4v) is 3.40. The molecule has 0 bridgehead atoms. The highest BCUT2D eigenvalue weighted by Crippen LogP contribution is 2.29. The molecule has 7 N–H and O–H groups in total. The number of likely N-dealkylation sites (N-methyl/N-ethyl adjacent to an activating group) is 2. The summed E-state index contributed by atoms with van der Waals surface area (Å²) in [6, 6.07) is -1.46. The second kappa shape index (κ2) is 9.66. The number of rotatable bonds is 7. The third-order valence-corrected chi connectivity index (χ3v) is 4.92. The first-order valence-corrected chi connectivity index (χ1v) is 8.53. The summed E-state index contributed by atoms with van der Waals surface area (Å²) in [6.45, 7) is -0.962. The van der Waals surface area contributed by atoms with E-state index in [0.29, 0.717) is 0 Å². The molecule has 10 unspecified atom stereocenters. The molecular weight excluding hydrogens is 352 g/mol. The van der Waals surface area contributed by atoms with Crippen molar-refractivity contribution in [1.82, 2.24) is 10.6 Å². The third kappa shape index (κ3) is 4.18. The van der Waals surface area contributed by atoms with E-state index in [1.54, 1.807) is 14.1 Å². The summed E-state index contributed by atoms with van der Waals surface area (Å²) in [4.78, 5) is 0. The summed E-state index contributed by atoms with van der Waals surface area (Å²) in [7, 11) is 4.59. The van der Waals surface area contributed by atoms with Crippen molar-refractivity contribution in [3.8, 4) is 0 Å². The van der Waals surface area contributed by atoms with Gasteiger partial charge in [0.2, 0.25) is 0 Å². The highest BCUT2D eigenvalue weighted by molar-refractivity contribution is 4.97. The Kier molecular flexibility index (Phi) is 8.12. The minimum atomic E-state index is -1.30. The second-order valence-electron chi connectivity index (χ2n) is 6.39. The molecule has 2 aliphatic rings. The van der Waals surface area contributed by atoms with Crippen molar-refractivity contribution in [3.05, 3.63) is 0 Å². The molecule has 10 atom stereocenters. The largest absolute Gasteiger partial charge is 0.394 e. The van der Waals surface area contributed by atoms with Gasteiger partial charge in [-0.15, -0.1) is 0 Å². The van der Waals surface area contributed by atoms with Crippen molar-refractivity contribution in [2.45, 2.75) is 61.3 Å². The maximum atomic E-state index is 10.7. The van der Waals surface area contributed by atoms with Gasteiger partial charge in [0.1, 0.15) is 36.6 Å². The number of aliphatic hydroxyl groups is 5. The van der Waals surface area contributed by atoms with E-state index in [4.69, 9.17) is 18.9 Å². The fourth-order valence-electron chi connectivity index (χ4n) is 3.40. The summed E-state index contributed by atoms with van der Waals surface area (Å²) >= 11 is 0. The van der Waals surface area contributed by atoms with Crippen LogP contribution in [0.4, 0.5) is 0 Å². The summed E-state index contributed by atoms with van der Waals surface area (Å²) in [6.07, 6.45) is -8.56. The lowest BCUT2D eigenvalue weighted by Crippen LogP contribution is -2.68. The summed E-state index contributed by atoms with van der Waals surface area (Å²) in [5, 5.41) is 55.5. The lowest BCUT2D eigenvalue weighted by Gasteiger charge is -2.47. The second-order valence-corrected chi connectivity index (χ2v) is 6.39. The molecule has 2 saturated heterocycles. The molecule has 0 aromatic heterocycles. The van der Waals surface area contributed by atoms with Crippen molar-refractivity contribution >= 4 is 0 Å². The van der Waals surface area contributed by atoms with Crippen LogP contribution in [0.5, 0.6) is 0 Å². The molecule has 11 nitrogen and oxygen atoms in total. The Morgan fingerprint density at radius 2 is 1.35 bits per heavy atom. The predicted octanol–water partition coefficient (Wildman–Crippen LogP) is -4.29. The van der Waals surface area contributed by atoms with Gasteiger partial charge < -0.3 is 55.1 Å². The summed E-state index contributed by atoms with van der Waals surface area (Å²) in [5.41, 5.74) is 0. The highest BCUT2D eigenvalue weighted by Gasteiger charge is 2.50. The topological polar surface area (TPSA) is 162 Å².